The molecular weight excluding hydrogens is 364 g/mol. The van der Waals surface area contributed by atoms with E-state index in [1.807, 2.05) is 12.1 Å². The van der Waals surface area contributed by atoms with E-state index in [0.29, 0.717) is 10.7 Å². The molecule has 2 heterocycles. The van der Waals surface area contributed by atoms with Crippen LogP contribution in [-0.2, 0) is 14.9 Å². The van der Waals surface area contributed by atoms with E-state index in [4.69, 9.17) is 16.4 Å². The Kier molecular flexibility index (Phi) is 3.79. The van der Waals surface area contributed by atoms with E-state index in [9.17, 15) is 13.2 Å². The normalized spacial score (nSPS) is 21.0. The molecule has 2 aliphatic rings. The van der Waals surface area contributed by atoms with Crippen LogP contribution in [-0.4, -0.2) is 31.3 Å². The maximum atomic E-state index is 12.6. The molecule has 1 N–H and O–H groups in total. The Bertz CT molecular complexity index is 986. The van der Waals surface area contributed by atoms with Gasteiger partial charge in [-0.05, 0) is 35.9 Å². The molecule has 0 saturated heterocycles. The predicted octanol–water partition coefficient (Wildman–Crippen LogP) is 2.43. The second kappa shape index (κ2) is 5.87. The van der Waals surface area contributed by atoms with Gasteiger partial charge < -0.3 is 0 Å². The first-order valence-corrected chi connectivity index (χ1v) is 9.34. The van der Waals surface area contributed by atoms with Crippen LogP contribution in [0.3, 0.4) is 0 Å². The van der Waals surface area contributed by atoms with E-state index in [1.54, 1.807) is 30.3 Å². The quantitative estimate of drug-likeness (QED) is 0.890. The first-order valence-electron chi connectivity index (χ1n) is 7.52. The van der Waals surface area contributed by atoms with Crippen molar-refractivity contribution in [1.29, 1.82) is 0 Å². The van der Waals surface area contributed by atoms with Gasteiger partial charge in [0.05, 0.1) is 17.8 Å². The Balaban J connectivity index is 1.58. The molecule has 0 bridgehead atoms. The van der Waals surface area contributed by atoms with Crippen molar-refractivity contribution >= 4 is 33.2 Å². The highest BCUT2D eigenvalue weighted by Gasteiger charge is 2.42. The van der Waals surface area contributed by atoms with Crippen molar-refractivity contribution in [3.63, 3.8) is 0 Å². The average Bonchev–Trinajstić information content (AvgIpc) is 3.14. The van der Waals surface area contributed by atoms with Gasteiger partial charge >= 0.3 is 0 Å². The zero-order valence-electron chi connectivity index (χ0n) is 12.8. The number of hydroxylamine groups is 1. The van der Waals surface area contributed by atoms with Gasteiger partial charge in [-0.15, -0.1) is 0 Å². The summed E-state index contributed by atoms with van der Waals surface area (Å²) in [4.78, 5) is 17.9. The molecule has 128 valence electrons. The van der Waals surface area contributed by atoms with E-state index < -0.39 is 22.0 Å². The fourth-order valence-electron chi connectivity index (χ4n) is 2.84. The lowest BCUT2D eigenvalue weighted by Crippen LogP contribution is -2.37. The van der Waals surface area contributed by atoms with Gasteiger partial charge in [-0.3, -0.25) is 15.1 Å². The minimum atomic E-state index is -3.84. The first-order chi connectivity index (χ1) is 12.0. The molecule has 1 amide bonds. The van der Waals surface area contributed by atoms with Crippen LogP contribution in [0.1, 0.15) is 15.9 Å². The first kappa shape index (κ1) is 16.1. The number of hydrogen-bond acceptors (Lipinski definition) is 5. The van der Waals surface area contributed by atoms with Gasteiger partial charge in [0.25, 0.3) is 15.9 Å². The van der Waals surface area contributed by atoms with Gasteiger partial charge in [-0.2, -0.15) is 0 Å². The van der Waals surface area contributed by atoms with Crippen molar-refractivity contribution in [2.45, 2.75) is 11.0 Å². The molecule has 1 atom stereocenters. The van der Waals surface area contributed by atoms with Crippen molar-refractivity contribution in [1.82, 2.24) is 9.79 Å². The zero-order chi connectivity index (χ0) is 17.6. The lowest BCUT2D eigenvalue weighted by Gasteiger charge is -2.17. The summed E-state index contributed by atoms with van der Waals surface area (Å²) in [5.74, 6) is -0.535. The van der Waals surface area contributed by atoms with Crippen LogP contribution in [0.25, 0.3) is 5.70 Å². The van der Waals surface area contributed by atoms with Gasteiger partial charge in [-0.25, -0.2) is 12.7 Å². The third-order valence-corrected chi connectivity index (χ3v) is 6.14. The lowest BCUT2D eigenvalue weighted by molar-refractivity contribution is 0.0389. The Labute approximate surface area is 149 Å². The molecule has 0 spiro atoms. The molecule has 0 radical (unpaired) electrons. The van der Waals surface area contributed by atoms with Crippen molar-refractivity contribution in [3.05, 3.63) is 70.8 Å². The molecule has 4 rings (SSSR count). The fraction of sp³-hybridized carbons (Fsp3) is 0.118. The van der Waals surface area contributed by atoms with Crippen molar-refractivity contribution < 1.29 is 18.0 Å². The summed E-state index contributed by atoms with van der Waals surface area (Å²) in [7, 11) is -3.84. The summed E-state index contributed by atoms with van der Waals surface area (Å²) >= 11 is 5.87. The monoisotopic (exact) mass is 376 g/mol. The van der Waals surface area contributed by atoms with E-state index in [2.05, 4.69) is 5.48 Å². The molecule has 0 fully saturated rings. The van der Waals surface area contributed by atoms with Gasteiger partial charge in [0.1, 0.15) is 11.0 Å². The number of sulfonamides is 1. The molecule has 2 aromatic carbocycles. The summed E-state index contributed by atoms with van der Waals surface area (Å²) in [5.41, 5.74) is 4.51. The van der Waals surface area contributed by atoms with Crippen LogP contribution >= 0.6 is 11.6 Å². The number of carbonyl (C=O) groups excluding carboxylic acids is 1. The largest absolute Gasteiger partial charge is 0.269 e. The number of hydrogen-bond donors (Lipinski definition) is 1. The van der Waals surface area contributed by atoms with Crippen LogP contribution in [0.15, 0.2) is 59.5 Å². The Hall–Kier alpha value is -2.35. The van der Waals surface area contributed by atoms with Crippen molar-refractivity contribution in [2.24, 2.45) is 0 Å². The number of halogens is 1. The molecular formula is C17H13ClN2O4S. The lowest BCUT2D eigenvalue weighted by atomic mass is 10.1. The number of rotatable bonds is 3. The van der Waals surface area contributed by atoms with E-state index in [0.717, 1.165) is 9.87 Å². The second-order valence-corrected chi connectivity index (χ2v) is 7.95. The highest BCUT2D eigenvalue weighted by molar-refractivity contribution is 7.90. The third kappa shape index (κ3) is 2.70. The van der Waals surface area contributed by atoms with Crippen LogP contribution in [0.4, 0.5) is 0 Å². The van der Waals surface area contributed by atoms with Gasteiger partial charge in [0, 0.05) is 5.02 Å². The molecule has 2 aliphatic heterocycles. The highest BCUT2D eigenvalue weighted by Crippen LogP contribution is 2.31. The van der Waals surface area contributed by atoms with E-state index in [-0.39, 0.29) is 17.0 Å². The maximum absolute atomic E-state index is 12.6. The average molecular weight is 377 g/mol. The smallest absolute Gasteiger partial charge is 0.268 e. The summed E-state index contributed by atoms with van der Waals surface area (Å²) in [6.07, 6.45) is 1.16. The van der Waals surface area contributed by atoms with Gasteiger partial charge in [0.15, 0.2) is 0 Å². The number of amides is 1. The number of fused-ring (bicyclic) bond motifs is 1. The highest BCUT2D eigenvalue weighted by atomic mass is 35.5. The molecule has 0 aromatic heterocycles. The summed E-state index contributed by atoms with van der Waals surface area (Å²) in [6.45, 7) is -0.0973. The van der Waals surface area contributed by atoms with Crippen molar-refractivity contribution in [2.75, 3.05) is 6.54 Å². The molecule has 25 heavy (non-hydrogen) atoms. The minimum Gasteiger partial charge on any atom is -0.268 e. The van der Waals surface area contributed by atoms with E-state index >= 15 is 0 Å². The topological polar surface area (TPSA) is 75.7 Å². The van der Waals surface area contributed by atoms with Crippen LogP contribution in [0.2, 0.25) is 5.02 Å². The maximum Gasteiger partial charge on any atom is 0.269 e. The van der Waals surface area contributed by atoms with Gasteiger partial charge in [0.2, 0.25) is 0 Å². The third-order valence-electron chi connectivity index (χ3n) is 4.09. The fourth-order valence-corrected chi connectivity index (χ4v) is 4.55. The van der Waals surface area contributed by atoms with Crippen LogP contribution in [0, 0.1) is 0 Å². The zero-order valence-corrected chi connectivity index (χ0v) is 14.4. The number of carbonyl (C=O) groups is 1. The SMILES string of the molecule is O=C1c2ccccc2S(=O)(=O)N1C[C@H]1C=C(c2ccc(Cl)cc2)NO1. The Morgan fingerprint density at radius 1 is 1.12 bits per heavy atom. The minimum absolute atomic E-state index is 0.0351. The van der Waals surface area contributed by atoms with Crippen LogP contribution in [0.5, 0.6) is 0 Å². The number of nitrogens with one attached hydrogen (secondary N) is 1. The molecule has 0 aliphatic carbocycles. The standard InChI is InChI=1S/C17H13ClN2O4S/c18-12-7-5-11(6-8-12)15-9-13(24-19-15)10-20-17(21)14-3-1-2-4-16(14)25(20,22)23/h1-9,13,19H,10H2/t13-/m1/s1. The summed E-state index contributed by atoms with van der Waals surface area (Å²) in [6, 6.07) is 13.3. The molecule has 2 aromatic rings. The molecule has 0 unspecified atom stereocenters. The molecule has 0 saturated carbocycles. The predicted molar refractivity (Wildman–Crippen MR) is 92.1 cm³/mol. The second-order valence-electron chi connectivity index (χ2n) is 5.68. The van der Waals surface area contributed by atoms with Gasteiger partial charge in [-0.1, -0.05) is 35.9 Å². The summed E-state index contributed by atoms with van der Waals surface area (Å²) in [5, 5.41) is 0.617. The number of nitrogens with zero attached hydrogens (tertiary/aromatic N) is 1. The Morgan fingerprint density at radius 2 is 1.84 bits per heavy atom. The van der Waals surface area contributed by atoms with Crippen molar-refractivity contribution in [3.8, 4) is 0 Å². The molecule has 8 heteroatoms. The summed E-state index contributed by atoms with van der Waals surface area (Å²) < 4.78 is 26.0. The Morgan fingerprint density at radius 3 is 2.56 bits per heavy atom. The number of benzene rings is 2. The van der Waals surface area contributed by atoms with E-state index in [1.165, 1.54) is 12.1 Å². The molecule has 6 nitrogen and oxygen atoms in total. The van der Waals surface area contributed by atoms with Crippen LogP contribution < -0.4 is 5.48 Å².